The van der Waals surface area contributed by atoms with Crippen molar-refractivity contribution in [3.05, 3.63) is 70.5 Å². The zero-order valence-electron chi connectivity index (χ0n) is 13.7. The van der Waals surface area contributed by atoms with E-state index in [2.05, 4.69) is 67.4 Å². The molecule has 120 valence electrons. The van der Waals surface area contributed by atoms with Crippen molar-refractivity contribution < 1.29 is 4.79 Å². The summed E-state index contributed by atoms with van der Waals surface area (Å²) in [6.45, 7) is 2.15. The number of rotatable bonds is 9. The Labute approximate surface area is 144 Å². The van der Waals surface area contributed by atoms with Crippen molar-refractivity contribution in [3.8, 4) is 11.8 Å². The smallest absolute Gasteiger partial charge is 0.160 e. The van der Waals surface area contributed by atoms with Gasteiger partial charge in [-0.15, -0.1) is 11.3 Å². The van der Waals surface area contributed by atoms with E-state index in [4.69, 9.17) is 0 Å². The van der Waals surface area contributed by atoms with Crippen LogP contribution < -0.4 is 0 Å². The second kappa shape index (κ2) is 13.5. The Kier molecular flexibility index (Phi) is 11.2. The van der Waals surface area contributed by atoms with Crippen LogP contribution in [0, 0.1) is 11.8 Å². The van der Waals surface area contributed by atoms with E-state index >= 15 is 0 Å². The molecule has 1 heterocycles. The first-order valence-corrected chi connectivity index (χ1v) is 8.87. The maximum Gasteiger partial charge on any atom is 0.160 e. The molecular weight excluding hydrogens is 300 g/mol. The molecule has 0 aliphatic carbocycles. The summed E-state index contributed by atoms with van der Waals surface area (Å²) in [5.74, 6) is 6.14. The third kappa shape index (κ3) is 10.3. The molecule has 0 fully saturated rings. The van der Waals surface area contributed by atoms with Crippen molar-refractivity contribution in [1.82, 2.24) is 0 Å². The van der Waals surface area contributed by atoms with Crippen molar-refractivity contribution in [3.63, 3.8) is 0 Å². The highest BCUT2D eigenvalue weighted by Crippen LogP contribution is 2.10. The zero-order chi connectivity index (χ0) is 16.6. The van der Waals surface area contributed by atoms with E-state index in [1.54, 1.807) is 0 Å². The topological polar surface area (TPSA) is 17.1 Å². The summed E-state index contributed by atoms with van der Waals surface area (Å²) in [4.78, 5) is 11.3. The van der Waals surface area contributed by atoms with Gasteiger partial charge >= 0.3 is 0 Å². The molecule has 0 radical (unpaired) electrons. The molecule has 23 heavy (non-hydrogen) atoms. The van der Waals surface area contributed by atoms with Crippen molar-refractivity contribution in [2.75, 3.05) is 0 Å². The predicted octanol–water partition coefficient (Wildman–Crippen LogP) is 6.11. The monoisotopic (exact) mass is 324 g/mol. The van der Waals surface area contributed by atoms with Gasteiger partial charge in [-0.2, -0.15) is 0 Å². The van der Waals surface area contributed by atoms with E-state index in [-0.39, 0.29) is 0 Å². The summed E-state index contributed by atoms with van der Waals surface area (Å²) in [7, 11) is 0. The van der Waals surface area contributed by atoms with Gasteiger partial charge in [0.15, 0.2) is 6.29 Å². The Balaban J connectivity index is 2.11. The summed E-state index contributed by atoms with van der Waals surface area (Å²) in [6.07, 6.45) is 23.0. The van der Waals surface area contributed by atoms with Crippen molar-refractivity contribution in [1.29, 1.82) is 0 Å². The number of hydrogen-bond acceptors (Lipinski definition) is 2. The fourth-order valence-corrected chi connectivity index (χ4v) is 2.40. The molecule has 0 aliphatic heterocycles. The molecule has 1 nitrogen and oxygen atoms in total. The normalized spacial score (nSPS) is 11.7. The van der Waals surface area contributed by atoms with Gasteiger partial charge in [-0.3, -0.25) is 4.79 Å². The number of carbonyl (C=O) groups is 1. The molecule has 0 unspecified atom stereocenters. The fourth-order valence-electron chi connectivity index (χ4n) is 1.76. The van der Waals surface area contributed by atoms with Gasteiger partial charge in [0, 0.05) is 17.4 Å². The molecule has 0 amide bonds. The average molecular weight is 324 g/mol. The van der Waals surface area contributed by atoms with E-state index in [9.17, 15) is 4.79 Å². The van der Waals surface area contributed by atoms with Crippen LogP contribution in [0.2, 0.25) is 0 Å². The lowest BCUT2D eigenvalue weighted by atomic mass is 10.2. The second-order valence-corrected chi connectivity index (χ2v) is 5.81. The molecule has 0 bridgehead atoms. The Morgan fingerprint density at radius 1 is 0.957 bits per heavy atom. The quantitative estimate of drug-likeness (QED) is 0.304. The van der Waals surface area contributed by atoms with E-state index in [0.29, 0.717) is 0 Å². The van der Waals surface area contributed by atoms with E-state index in [1.807, 2.05) is 11.4 Å². The van der Waals surface area contributed by atoms with Crippen LogP contribution in [0.25, 0.3) is 0 Å². The first kappa shape index (κ1) is 18.9. The van der Waals surface area contributed by atoms with Crippen LogP contribution in [-0.2, 0) is 0 Å². The summed E-state index contributed by atoms with van der Waals surface area (Å²) in [5.41, 5.74) is 0.922. The molecule has 0 saturated carbocycles. The predicted molar refractivity (Wildman–Crippen MR) is 102 cm³/mol. The summed E-state index contributed by atoms with van der Waals surface area (Å²) >= 11 is 1.43. The molecule has 1 aromatic rings. The first-order chi connectivity index (χ1) is 11.4. The Morgan fingerprint density at radius 2 is 1.57 bits per heavy atom. The number of thiophene rings is 1. The first-order valence-electron chi connectivity index (χ1n) is 7.99. The maximum atomic E-state index is 10.6. The van der Waals surface area contributed by atoms with Crippen LogP contribution in [0.5, 0.6) is 0 Å². The van der Waals surface area contributed by atoms with E-state index in [0.717, 1.165) is 48.8 Å². The van der Waals surface area contributed by atoms with Crippen molar-refractivity contribution in [2.45, 2.75) is 39.0 Å². The summed E-state index contributed by atoms with van der Waals surface area (Å²) < 4.78 is 0. The molecule has 0 aliphatic rings. The molecule has 0 spiro atoms. The highest BCUT2D eigenvalue weighted by atomic mass is 32.1. The van der Waals surface area contributed by atoms with Crippen molar-refractivity contribution >= 4 is 17.6 Å². The van der Waals surface area contributed by atoms with Gasteiger partial charge in [0.25, 0.3) is 0 Å². The van der Waals surface area contributed by atoms with Gasteiger partial charge in [-0.1, -0.05) is 67.4 Å². The SMILES string of the molecule is CC/C=C\C/C=C\C/C=C\C/C=C\CC#Cc1csc(C=O)c1. The fraction of sp³-hybridized carbons (Fsp3) is 0.286. The molecular formula is C21H24OS. The summed E-state index contributed by atoms with van der Waals surface area (Å²) in [6, 6.07) is 1.82. The minimum atomic E-state index is 0.727. The lowest BCUT2D eigenvalue weighted by Crippen LogP contribution is -1.68. The second-order valence-electron chi connectivity index (χ2n) is 4.86. The number of allylic oxidation sites excluding steroid dienone is 8. The molecule has 2 heteroatoms. The molecule has 0 atom stereocenters. The average Bonchev–Trinajstić information content (AvgIpc) is 3.03. The van der Waals surface area contributed by atoms with E-state index < -0.39 is 0 Å². The molecule has 1 rings (SSSR count). The van der Waals surface area contributed by atoms with Crippen LogP contribution in [0.1, 0.15) is 54.3 Å². The Morgan fingerprint density at radius 3 is 2.13 bits per heavy atom. The zero-order valence-corrected chi connectivity index (χ0v) is 14.5. The molecule has 1 aromatic heterocycles. The third-order valence-corrected chi connectivity index (χ3v) is 3.77. The Hall–Kier alpha value is -2.11. The summed E-state index contributed by atoms with van der Waals surface area (Å²) in [5, 5.41) is 1.91. The van der Waals surface area contributed by atoms with Crippen LogP contribution in [-0.4, -0.2) is 6.29 Å². The third-order valence-electron chi connectivity index (χ3n) is 2.91. The van der Waals surface area contributed by atoms with Gasteiger partial charge < -0.3 is 0 Å². The van der Waals surface area contributed by atoms with Gasteiger partial charge in [-0.05, 0) is 31.7 Å². The standard InChI is InChI=1S/C21H24OS/c1-2-3-4-5-6-7-8-9-10-11-12-13-14-15-16-20-17-21(18-22)23-19-20/h3-4,6-7,9-10,12-13,17-19H,2,5,8,11,14H2,1H3/b4-3-,7-6-,10-9-,13-12-. The van der Waals surface area contributed by atoms with Crippen LogP contribution in [0.15, 0.2) is 60.1 Å². The van der Waals surface area contributed by atoms with Gasteiger partial charge in [-0.25, -0.2) is 0 Å². The van der Waals surface area contributed by atoms with Crippen LogP contribution >= 0.6 is 11.3 Å². The maximum absolute atomic E-state index is 10.6. The van der Waals surface area contributed by atoms with Gasteiger partial charge in [0.1, 0.15) is 0 Å². The minimum Gasteiger partial charge on any atom is -0.297 e. The lowest BCUT2D eigenvalue weighted by molar-refractivity contribution is 0.112. The molecule has 0 N–H and O–H groups in total. The van der Waals surface area contributed by atoms with Crippen LogP contribution in [0.4, 0.5) is 0 Å². The number of aldehydes is 1. The van der Waals surface area contributed by atoms with Gasteiger partial charge in [0.2, 0.25) is 0 Å². The lowest BCUT2D eigenvalue weighted by Gasteiger charge is -1.84. The van der Waals surface area contributed by atoms with Crippen LogP contribution in [0.3, 0.4) is 0 Å². The van der Waals surface area contributed by atoms with E-state index in [1.165, 1.54) is 11.3 Å². The van der Waals surface area contributed by atoms with Crippen molar-refractivity contribution in [2.24, 2.45) is 0 Å². The molecule has 0 saturated heterocycles. The largest absolute Gasteiger partial charge is 0.297 e. The highest BCUT2D eigenvalue weighted by molar-refractivity contribution is 7.11. The Bertz CT molecular complexity index is 618. The minimum absolute atomic E-state index is 0.727. The highest BCUT2D eigenvalue weighted by Gasteiger charge is 1.93. The number of carbonyl (C=O) groups excluding carboxylic acids is 1. The number of hydrogen-bond donors (Lipinski definition) is 0. The van der Waals surface area contributed by atoms with Gasteiger partial charge in [0.05, 0.1) is 4.88 Å². The molecule has 0 aromatic carbocycles.